The number of urea groups is 1. The molecule has 172 valence electrons. The number of nitrogens with zero attached hydrogens (tertiary/aromatic N) is 1. The van der Waals surface area contributed by atoms with Crippen LogP contribution in [0.15, 0.2) is 24.3 Å². The van der Waals surface area contributed by atoms with E-state index in [4.69, 9.17) is 10.5 Å². The molecule has 3 unspecified atom stereocenters. The van der Waals surface area contributed by atoms with Gasteiger partial charge in [0.05, 0.1) is 0 Å². The highest BCUT2D eigenvalue weighted by molar-refractivity contribution is 5.81. The number of carbonyl (C=O) groups is 2. The Morgan fingerprint density at radius 3 is 2.22 bits per heavy atom. The molecule has 6 fully saturated rings. The average molecular weight is 442 g/mol. The number of benzene rings is 1. The molecule has 5 atom stereocenters. The van der Waals surface area contributed by atoms with Gasteiger partial charge in [-0.05, 0) is 87.0 Å². The maximum absolute atomic E-state index is 13.4. The molecule has 0 aromatic heterocycles. The third-order valence-corrected chi connectivity index (χ3v) is 9.13. The molecule has 2 heterocycles. The monoisotopic (exact) mass is 441 g/mol. The van der Waals surface area contributed by atoms with Crippen LogP contribution in [0.1, 0.15) is 57.8 Å². The molecule has 3 amide bonds. The Kier molecular flexibility index (Phi) is 4.67. The van der Waals surface area contributed by atoms with Gasteiger partial charge in [-0.2, -0.15) is 0 Å². The van der Waals surface area contributed by atoms with Gasteiger partial charge in [0, 0.05) is 36.4 Å². The molecular formula is C25H32FN3O3. The molecule has 6 bridgehead atoms. The van der Waals surface area contributed by atoms with Crippen LogP contribution in [0.2, 0.25) is 0 Å². The van der Waals surface area contributed by atoms with E-state index in [9.17, 15) is 14.0 Å². The SMILES string of the molecule is NC(=O)C12CC3CC(C1)C(NC(=O)N1[C@@H]4CC[C@H]1CC(Oc1ccc(F)cc1)C4)C(C3)C2. The summed E-state index contributed by atoms with van der Waals surface area (Å²) in [5, 5.41) is 3.41. The third kappa shape index (κ3) is 3.27. The lowest BCUT2D eigenvalue weighted by molar-refractivity contribution is -0.145. The fraction of sp³-hybridized carbons (Fsp3) is 0.680. The zero-order chi connectivity index (χ0) is 22.0. The first-order chi connectivity index (χ1) is 15.4. The van der Waals surface area contributed by atoms with Crippen molar-refractivity contribution in [3.63, 3.8) is 0 Å². The van der Waals surface area contributed by atoms with Gasteiger partial charge in [-0.15, -0.1) is 0 Å². The number of fused-ring (bicyclic) bond motifs is 2. The van der Waals surface area contributed by atoms with Crippen molar-refractivity contribution in [3.05, 3.63) is 30.1 Å². The molecule has 4 saturated carbocycles. The second-order valence-electron chi connectivity index (χ2n) is 11.0. The number of nitrogens with two attached hydrogens (primary N) is 1. The molecule has 7 rings (SSSR count). The van der Waals surface area contributed by atoms with Crippen LogP contribution in [-0.4, -0.2) is 41.1 Å². The number of amides is 3. The normalized spacial score (nSPS) is 41.5. The zero-order valence-corrected chi connectivity index (χ0v) is 18.3. The van der Waals surface area contributed by atoms with Gasteiger partial charge in [0.25, 0.3) is 0 Å². The van der Waals surface area contributed by atoms with Crippen molar-refractivity contribution in [1.29, 1.82) is 0 Å². The first-order valence-electron chi connectivity index (χ1n) is 12.2. The lowest BCUT2D eigenvalue weighted by atomic mass is 9.47. The van der Waals surface area contributed by atoms with Crippen LogP contribution < -0.4 is 15.8 Å². The predicted octanol–water partition coefficient (Wildman–Crippen LogP) is 3.59. The number of rotatable bonds is 4. The van der Waals surface area contributed by atoms with Crippen molar-refractivity contribution < 1.29 is 18.7 Å². The van der Waals surface area contributed by atoms with Crippen molar-refractivity contribution >= 4 is 11.9 Å². The summed E-state index contributed by atoms with van der Waals surface area (Å²) in [5.41, 5.74) is 5.48. The summed E-state index contributed by atoms with van der Waals surface area (Å²) in [6.45, 7) is 0. The van der Waals surface area contributed by atoms with E-state index in [1.165, 1.54) is 12.1 Å². The van der Waals surface area contributed by atoms with E-state index in [-0.39, 0.29) is 47.4 Å². The van der Waals surface area contributed by atoms with Gasteiger partial charge >= 0.3 is 6.03 Å². The molecule has 0 spiro atoms. The molecule has 1 aromatic carbocycles. The maximum Gasteiger partial charge on any atom is 0.318 e. The number of hydrogen-bond acceptors (Lipinski definition) is 3. The highest BCUT2D eigenvalue weighted by Crippen LogP contribution is 2.60. The van der Waals surface area contributed by atoms with E-state index >= 15 is 0 Å². The highest BCUT2D eigenvalue weighted by Gasteiger charge is 2.58. The smallest absolute Gasteiger partial charge is 0.318 e. The summed E-state index contributed by atoms with van der Waals surface area (Å²) in [6, 6.07) is 6.77. The second kappa shape index (κ2) is 7.35. The van der Waals surface area contributed by atoms with E-state index in [2.05, 4.69) is 10.2 Å². The summed E-state index contributed by atoms with van der Waals surface area (Å²) < 4.78 is 19.3. The van der Waals surface area contributed by atoms with Crippen molar-refractivity contribution in [2.45, 2.75) is 82.0 Å². The molecule has 2 aliphatic heterocycles. The van der Waals surface area contributed by atoms with Gasteiger partial charge in [-0.3, -0.25) is 4.79 Å². The fourth-order valence-corrected chi connectivity index (χ4v) is 8.04. The van der Waals surface area contributed by atoms with Crippen molar-refractivity contribution in [1.82, 2.24) is 10.2 Å². The standard InChI is InChI=1S/C25H32FN3O3/c26-17-1-5-20(6-2-17)32-21-9-18-3-4-19(10-21)29(18)24(31)28-22-15-7-14-8-16(22)13-25(11-14,12-15)23(27)30/h1-2,5-6,14-16,18-19,21-22H,3-4,7-13H2,(H2,27,30)(H,28,31)/t14?,15?,16?,18-,19+,21?,22?,25?. The molecule has 32 heavy (non-hydrogen) atoms. The van der Waals surface area contributed by atoms with Gasteiger partial charge < -0.3 is 20.7 Å². The topological polar surface area (TPSA) is 84.7 Å². The Bertz CT molecular complexity index is 892. The quantitative estimate of drug-likeness (QED) is 0.749. The van der Waals surface area contributed by atoms with Crippen molar-refractivity contribution in [3.8, 4) is 5.75 Å². The molecule has 2 saturated heterocycles. The Morgan fingerprint density at radius 1 is 1.00 bits per heavy atom. The average Bonchev–Trinajstić information content (AvgIpc) is 3.02. The number of ether oxygens (including phenoxy) is 1. The third-order valence-electron chi connectivity index (χ3n) is 9.13. The van der Waals surface area contributed by atoms with E-state index in [0.29, 0.717) is 23.5 Å². The Morgan fingerprint density at radius 2 is 1.62 bits per heavy atom. The number of primary amides is 1. The molecule has 0 radical (unpaired) electrons. The summed E-state index contributed by atoms with van der Waals surface area (Å²) in [7, 11) is 0. The van der Waals surface area contributed by atoms with Crippen LogP contribution in [0, 0.1) is 29.0 Å². The van der Waals surface area contributed by atoms with E-state index in [1.807, 2.05) is 0 Å². The predicted molar refractivity (Wildman–Crippen MR) is 116 cm³/mol. The Hall–Kier alpha value is -2.31. The Balaban J connectivity index is 1.11. The molecule has 6 nitrogen and oxygen atoms in total. The minimum Gasteiger partial charge on any atom is -0.490 e. The summed E-state index contributed by atoms with van der Waals surface area (Å²) in [5.74, 6) is 1.61. The zero-order valence-electron chi connectivity index (χ0n) is 18.3. The molecule has 3 N–H and O–H groups in total. The van der Waals surface area contributed by atoms with Crippen LogP contribution in [-0.2, 0) is 4.79 Å². The first-order valence-corrected chi connectivity index (χ1v) is 12.2. The fourth-order valence-electron chi connectivity index (χ4n) is 8.04. The second-order valence-corrected chi connectivity index (χ2v) is 11.0. The molecule has 1 aromatic rings. The van der Waals surface area contributed by atoms with Gasteiger partial charge in [0.15, 0.2) is 0 Å². The highest BCUT2D eigenvalue weighted by atomic mass is 19.1. The van der Waals surface area contributed by atoms with E-state index in [0.717, 1.165) is 57.8 Å². The van der Waals surface area contributed by atoms with Crippen LogP contribution in [0.3, 0.4) is 0 Å². The molecular weight excluding hydrogens is 409 g/mol. The van der Waals surface area contributed by atoms with Gasteiger partial charge in [-0.25, -0.2) is 9.18 Å². The number of carbonyl (C=O) groups excluding carboxylic acids is 2. The van der Waals surface area contributed by atoms with Crippen LogP contribution >= 0.6 is 0 Å². The van der Waals surface area contributed by atoms with Gasteiger partial charge in [-0.1, -0.05) is 0 Å². The first kappa shape index (κ1) is 20.3. The summed E-state index contributed by atoms with van der Waals surface area (Å²) >= 11 is 0. The lowest BCUT2D eigenvalue weighted by Crippen LogP contribution is -2.64. The van der Waals surface area contributed by atoms with E-state index in [1.54, 1.807) is 12.1 Å². The van der Waals surface area contributed by atoms with Crippen molar-refractivity contribution in [2.24, 2.45) is 28.9 Å². The van der Waals surface area contributed by atoms with Gasteiger partial charge in [0.2, 0.25) is 5.91 Å². The number of halogens is 1. The van der Waals surface area contributed by atoms with Crippen molar-refractivity contribution in [2.75, 3.05) is 0 Å². The number of hydrogen-bond donors (Lipinski definition) is 2. The van der Waals surface area contributed by atoms with E-state index < -0.39 is 0 Å². The molecule has 7 heteroatoms. The summed E-state index contributed by atoms with van der Waals surface area (Å²) in [4.78, 5) is 27.7. The Labute approximate surface area is 188 Å². The summed E-state index contributed by atoms with van der Waals surface area (Å²) in [6.07, 6.45) is 8.52. The molecule has 4 aliphatic carbocycles. The van der Waals surface area contributed by atoms with Gasteiger partial charge in [0.1, 0.15) is 17.7 Å². The lowest BCUT2D eigenvalue weighted by Gasteiger charge is -2.59. The van der Waals surface area contributed by atoms with Crippen LogP contribution in [0.25, 0.3) is 0 Å². The van der Waals surface area contributed by atoms with Crippen LogP contribution in [0.4, 0.5) is 9.18 Å². The largest absolute Gasteiger partial charge is 0.490 e. The minimum absolute atomic E-state index is 0.0543. The van der Waals surface area contributed by atoms with Crippen LogP contribution in [0.5, 0.6) is 5.75 Å². The minimum atomic E-state index is -0.327. The number of piperidine rings is 1. The maximum atomic E-state index is 13.4. The molecule has 6 aliphatic rings. The number of nitrogens with one attached hydrogen (secondary N) is 1.